The number of rotatable bonds is 4. The van der Waals surface area contributed by atoms with Crippen LogP contribution >= 0.6 is 11.8 Å². The number of hydrazone groups is 1. The summed E-state index contributed by atoms with van der Waals surface area (Å²) in [5.41, 5.74) is 1.29. The maximum Gasteiger partial charge on any atom is 0.302 e. The highest BCUT2D eigenvalue weighted by molar-refractivity contribution is 8.00. The molecule has 0 radical (unpaired) electrons. The predicted molar refractivity (Wildman–Crippen MR) is 113 cm³/mol. The van der Waals surface area contributed by atoms with Gasteiger partial charge in [0.1, 0.15) is 17.3 Å². The molecule has 7 heteroatoms. The van der Waals surface area contributed by atoms with E-state index in [1.54, 1.807) is 18.9 Å². The van der Waals surface area contributed by atoms with Gasteiger partial charge in [-0.15, -0.1) is 11.8 Å². The Morgan fingerprint density at radius 1 is 1.17 bits per heavy atom. The number of amides is 1. The van der Waals surface area contributed by atoms with E-state index in [1.165, 1.54) is 11.9 Å². The molecule has 1 amide bonds. The number of carbonyl (C=O) groups is 2. The number of thioether (sulfide) groups is 1. The third-order valence-electron chi connectivity index (χ3n) is 5.46. The lowest BCUT2D eigenvalue weighted by Gasteiger charge is -2.33. The molecule has 0 saturated carbocycles. The van der Waals surface area contributed by atoms with Crippen molar-refractivity contribution in [3.05, 3.63) is 60.2 Å². The van der Waals surface area contributed by atoms with Gasteiger partial charge in [0.15, 0.2) is 0 Å². The third-order valence-corrected chi connectivity index (χ3v) is 6.93. The summed E-state index contributed by atoms with van der Waals surface area (Å²) in [6, 6.07) is 17.0. The van der Waals surface area contributed by atoms with Crippen LogP contribution in [-0.2, 0) is 14.3 Å². The van der Waals surface area contributed by atoms with Gasteiger partial charge in [-0.05, 0) is 36.8 Å². The van der Waals surface area contributed by atoms with Crippen molar-refractivity contribution in [1.82, 2.24) is 0 Å². The van der Waals surface area contributed by atoms with E-state index >= 15 is 0 Å². The normalized spacial score (nSPS) is 26.0. The molecule has 29 heavy (non-hydrogen) atoms. The summed E-state index contributed by atoms with van der Waals surface area (Å²) >= 11 is 1.61. The van der Waals surface area contributed by atoms with Crippen molar-refractivity contribution in [2.75, 3.05) is 17.9 Å². The van der Waals surface area contributed by atoms with Gasteiger partial charge in [0.05, 0.1) is 23.8 Å². The standard InChI is InChI=1S/C22H22N2O4S/c1-14-22(21(26)24(23-14)17-7-5-4-6-8-17)19(28-15(2)25)13-29-20(22)16-9-11-18(27-3)12-10-16/h4-12,19-20H,13H2,1-3H3/t19-,20-,22+/m1/s1. The number of hydrogen-bond acceptors (Lipinski definition) is 6. The molecule has 0 aliphatic carbocycles. The van der Waals surface area contributed by atoms with Gasteiger partial charge in [0, 0.05) is 12.7 Å². The molecule has 2 heterocycles. The molecule has 0 unspecified atom stereocenters. The topological polar surface area (TPSA) is 68.2 Å². The first-order valence-corrected chi connectivity index (χ1v) is 10.4. The second-order valence-corrected chi connectivity index (χ2v) is 8.23. The number of esters is 1. The number of benzene rings is 2. The summed E-state index contributed by atoms with van der Waals surface area (Å²) in [5.74, 6) is 0.705. The van der Waals surface area contributed by atoms with Crippen LogP contribution in [0.4, 0.5) is 5.69 Å². The van der Waals surface area contributed by atoms with Gasteiger partial charge in [0.25, 0.3) is 5.91 Å². The van der Waals surface area contributed by atoms with Crippen molar-refractivity contribution in [3.8, 4) is 5.75 Å². The quantitative estimate of drug-likeness (QED) is 0.717. The van der Waals surface area contributed by atoms with Crippen LogP contribution in [0.5, 0.6) is 5.75 Å². The number of para-hydroxylation sites is 1. The zero-order chi connectivity index (χ0) is 20.6. The molecule has 3 atom stereocenters. The first-order chi connectivity index (χ1) is 14.0. The number of nitrogens with zero attached hydrogens (tertiary/aromatic N) is 2. The first kappa shape index (κ1) is 19.5. The fourth-order valence-corrected chi connectivity index (χ4v) is 5.84. The summed E-state index contributed by atoms with van der Waals surface area (Å²) in [7, 11) is 1.62. The SMILES string of the molecule is COc1ccc([C@H]2SC[C@@H](OC(C)=O)[C@]23C(=O)N(c2ccccc2)N=C3C)cc1. The number of hydrogen-bond donors (Lipinski definition) is 0. The van der Waals surface area contributed by atoms with E-state index in [4.69, 9.17) is 9.47 Å². The molecule has 2 aliphatic rings. The molecule has 2 aromatic carbocycles. The minimum atomic E-state index is -1.04. The smallest absolute Gasteiger partial charge is 0.302 e. The third kappa shape index (κ3) is 3.09. The summed E-state index contributed by atoms with van der Waals surface area (Å²) in [5, 5.41) is 5.83. The van der Waals surface area contributed by atoms with Crippen LogP contribution in [0.2, 0.25) is 0 Å². The lowest BCUT2D eigenvalue weighted by atomic mass is 9.73. The molecule has 0 aromatic heterocycles. The highest BCUT2D eigenvalue weighted by Crippen LogP contribution is 2.58. The maximum absolute atomic E-state index is 13.8. The van der Waals surface area contributed by atoms with E-state index in [0.717, 1.165) is 11.3 Å². The molecule has 2 aliphatic heterocycles. The van der Waals surface area contributed by atoms with Crippen molar-refractivity contribution >= 4 is 35.0 Å². The molecule has 0 bridgehead atoms. The Balaban J connectivity index is 1.80. The van der Waals surface area contributed by atoms with Crippen LogP contribution in [0.3, 0.4) is 0 Å². The van der Waals surface area contributed by atoms with Crippen molar-refractivity contribution in [2.45, 2.75) is 25.2 Å². The van der Waals surface area contributed by atoms with Crippen molar-refractivity contribution in [3.63, 3.8) is 0 Å². The summed E-state index contributed by atoms with van der Waals surface area (Å²) in [6.07, 6.45) is -0.581. The number of carbonyl (C=O) groups excluding carboxylic acids is 2. The van der Waals surface area contributed by atoms with Gasteiger partial charge in [-0.2, -0.15) is 10.1 Å². The van der Waals surface area contributed by atoms with Crippen LogP contribution in [0, 0.1) is 5.41 Å². The average molecular weight is 410 g/mol. The molecule has 2 aromatic rings. The molecular weight excluding hydrogens is 388 g/mol. The Morgan fingerprint density at radius 3 is 2.48 bits per heavy atom. The molecule has 4 rings (SSSR count). The van der Waals surface area contributed by atoms with Gasteiger partial charge in [-0.25, -0.2) is 0 Å². The maximum atomic E-state index is 13.8. The van der Waals surface area contributed by atoms with Gasteiger partial charge >= 0.3 is 5.97 Å². The number of anilines is 1. The van der Waals surface area contributed by atoms with Crippen LogP contribution in [-0.4, -0.2) is 36.6 Å². The lowest BCUT2D eigenvalue weighted by Crippen LogP contribution is -2.50. The highest BCUT2D eigenvalue weighted by Gasteiger charge is 2.65. The van der Waals surface area contributed by atoms with Gasteiger partial charge in [-0.1, -0.05) is 30.3 Å². The van der Waals surface area contributed by atoms with Gasteiger partial charge < -0.3 is 9.47 Å². The van der Waals surface area contributed by atoms with Crippen molar-refractivity contribution in [1.29, 1.82) is 0 Å². The predicted octanol–water partition coefficient (Wildman–Crippen LogP) is 3.82. The minimum Gasteiger partial charge on any atom is -0.497 e. The summed E-state index contributed by atoms with van der Waals surface area (Å²) in [4.78, 5) is 25.6. The summed E-state index contributed by atoms with van der Waals surface area (Å²) in [6.45, 7) is 3.22. The fourth-order valence-electron chi connectivity index (χ4n) is 4.11. The van der Waals surface area contributed by atoms with E-state index in [9.17, 15) is 9.59 Å². The zero-order valence-corrected chi connectivity index (χ0v) is 17.3. The Bertz CT molecular complexity index is 961. The van der Waals surface area contributed by atoms with E-state index in [1.807, 2.05) is 61.5 Å². The van der Waals surface area contributed by atoms with Crippen molar-refractivity contribution in [2.24, 2.45) is 10.5 Å². The van der Waals surface area contributed by atoms with Crippen molar-refractivity contribution < 1.29 is 19.1 Å². The Morgan fingerprint density at radius 2 is 1.86 bits per heavy atom. The molecule has 1 saturated heterocycles. The molecular formula is C22H22N2O4S. The lowest BCUT2D eigenvalue weighted by molar-refractivity contribution is -0.151. The first-order valence-electron chi connectivity index (χ1n) is 9.36. The molecule has 6 nitrogen and oxygen atoms in total. The van der Waals surface area contributed by atoms with Crippen LogP contribution in [0.1, 0.15) is 24.7 Å². The fraction of sp³-hybridized carbons (Fsp3) is 0.318. The average Bonchev–Trinajstić information content (AvgIpc) is 3.23. The van der Waals surface area contributed by atoms with E-state index < -0.39 is 17.5 Å². The monoisotopic (exact) mass is 410 g/mol. The Kier molecular flexibility index (Phi) is 5.08. The second-order valence-electron chi connectivity index (χ2n) is 7.09. The van der Waals surface area contributed by atoms with Gasteiger partial charge in [-0.3, -0.25) is 9.59 Å². The largest absolute Gasteiger partial charge is 0.497 e. The molecule has 150 valence electrons. The van der Waals surface area contributed by atoms with Crippen LogP contribution in [0.25, 0.3) is 0 Å². The summed E-state index contributed by atoms with van der Waals surface area (Å²) < 4.78 is 10.9. The van der Waals surface area contributed by atoms with Crippen LogP contribution < -0.4 is 9.75 Å². The number of ether oxygens (including phenoxy) is 2. The van der Waals surface area contributed by atoms with Crippen LogP contribution in [0.15, 0.2) is 59.7 Å². The molecule has 1 spiro atoms. The molecule has 0 N–H and O–H groups in total. The minimum absolute atomic E-state index is 0.168. The van der Waals surface area contributed by atoms with E-state index in [-0.39, 0.29) is 11.2 Å². The second kappa shape index (κ2) is 7.55. The Labute approximate surface area is 173 Å². The Hall–Kier alpha value is -2.80. The highest BCUT2D eigenvalue weighted by atomic mass is 32.2. The zero-order valence-electron chi connectivity index (χ0n) is 16.5. The van der Waals surface area contributed by atoms with Gasteiger partial charge in [0.2, 0.25) is 0 Å². The van der Waals surface area contributed by atoms with E-state index in [0.29, 0.717) is 17.2 Å². The molecule has 1 fully saturated rings. The van der Waals surface area contributed by atoms with E-state index in [2.05, 4.69) is 5.10 Å². The number of methoxy groups -OCH3 is 1.